The van der Waals surface area contributed by atoms with Crippen LogP contribution in [0.25, 0.3) is 0 Å². The molecule has 2 fully saturated rings. The Morgan fingerprint density at radius 1 is 1.14 bits per heavy atom. The van der Waals surface area contributed by atoms with Crippen LogP contribution in [-0.4, -0.2) is 29.2 Å². The highest BCUT2D eigenvalue weighted by Gasteiger charge is 2.38. The molecule has 22 heavy (non-hydrogen) atoms. The maximum atomic E-state index is 10.1. The van der Waals surface area contributed by atoms with Crippen molar-refractivity contribution in [3.63, 3.8) is 0 Å². The van der Waals surface area contributed by atoms with Crippen LogP contribution in [0.4, 0.5) is 0 Å². The average molecular weight is 298 g/mol. The Morgan fingerprint density at radius 2 is 1.86 bits per heavy atom. The van der Waals surface area contributed by atoms with E-state index >= 15 is 0 Å². The quantitative estimate of drug-likeness (QED) is 0.928. The minimum Gasteiger partial charge on any atom is -0.393 e. The molecule has 3 heteroatoms. The Bertz CT molecular complexity index is 502. The zero-order valence-electron chi connectivity index (χ0n) is 13.2. The molecule has 1 unspecified atom stereocenters. The van der Waals surface area contributed by atoms with Crippen LogP contribution in [0.1, 0.15) is 37.7 Å². The van der Waals surface area contributed by atoms with E-state index in [0.29, 0.717) is 5.92 Å². The highest BCUT2D eigenvalue weighted by Crippen LogP contribution is 2.39. The van der Waals surface area contributed by atoms with E-state index in [1.807, 2.05) is 0 Å². The minimum absolute atomic E-state index is 0.0522. The van der Waals surface area contributed by atoms with Crippen molar-refractivity contribution < 1.29 is 5.11 Å². The molecular formula is C19H26N2O. The fourth-order valence-corrected chi connectivity index (χ4v) is 4.25. The predicted molar refractivity (Wildman–Crippen MR) is 86.9 cm³/mol. The Hall–Kier alpha value is -1.37. The van der Waals surface area contributed by atoms with Crippen molar-refractivity contribution in [3.8, 4) is 6.07 Å². The summed E-state index contributed by atoms with van der Waals surface area (Å²) in [7, 11) is 0. The number of nitrogens with zero attached hydrogens (tertiary/aromatic N) is 2. The fraction of sp³-hybridized carbons (Fsp3) is 0.632. The molecule has 118 valence electrons. The molecule has 0 amide bonds. The second-order valence-electron chi connectivity index (χ2n) is 6.92. The van der Waals surface area contributed by atoms with Crippen LogP contribution in [0.15, 0.2) is 30.3 Å². The van der Waals surface area contributed by atoms with Crippen LogP contribution < -0.4 is 0 Å². The van der Waals surface area contributed by atoms with Gasteiger partial charge in [-0.05, 0) is 50.3 Å². The lowest BCUT2D eigenvalue weighted by atomic mass is 9.76. The summed E-state index contributed by atoms with van der Waals surface area (Å²) < 4.78 is 0. The van der Waals surface area contributed by atoms with Gasteiger partial charge in [0.15, 0.2) is 0 Å². The van der Waals surface area contributed by atoms with E-state index in [-0.39, 0.29) is 17.9 Å². The monoisotopic (exact) mass is 298 g/mol. The molecule has 1 aromatic rings. The summed E-state index contributed by atoms with van der Waals surface area (Å²) in [4.78, 5) is 2.49. The van der Waals surface area contributed by atoms with E-state index < -0.39 is 0 Å². The van der Waals surface area contributed by atoms with Gasteiger partial charge in [0.2, 0.25) is 0 Å². The van der Waals surface area contributed by atoms with Crippen molar-refractivity contribution >= 4 is 0 Å². The molecule has 1 aliphatic heterocycles. The van der Waals surface area contributed by atoms with Crippen molar-refractivity contribution in [2.45, 2.75) is 44.8 Å². The summed E-state index contributed by atoms with van der Waals surface area (Å²) in [5.41, 5.74) is 1.36. The normalized spacial score (nSPS) is 28.4. The number of rotatable bonds is 4. The lowest BCUT2D eigenvalue weighted by Crippen LogP contribution is -2.38. The first-order valence-corrected chi connectivity index (χ1v) is 8.62. The van der Waals surface area contributed by atoms with E-state index in [1.54, 1.807) is 0 Å². The van der Waals surface area contributed by atoms with Crippen molar-refractivity contribution in [2.75, 3.05) is 13.1 Å². The zero-order chi connectivity index (χ0) is 15.4. The number of hydrogen-bond acceptors (Lipinski definition) is 3. The first kappa shape index (κ1) is 15.5. The minimum atomic E-state index is -0.244. The highest BCUT2D eigenvalue weighted by atomic mass is 16.3. The molecule has 0 radical (unpaired) electrons. The maximum absolute atomic E-state index is 10.1. The number of piperidine rings is 1. The third-order valence-electron chi connectivity index (χ3n) is 5.53. The Balaban J connectivity index is 1.53. The molecule has 1 heterocycles. The van der Waals surface area contributed by atoms with Gasteiger partial charge in [0.25, 0.3) is 0 Å². The smallest absolute Gasteiger partial charge is 0.0662 e. The van der Waals surface area contributed by atoms with Gasteiger partial charge in [0.05, 0.1) is 18.1 Å². The van der Waals surface area contributed by atoms with E-state index in [0.717, 1.165) is 51.7 Å². The van der Waals surface area contributed by atoms with Crippen molar-refractivity contribution in [2.24, 2.45) is 17.8 Å². The van der Waals surface area contributed by atoms with Crippen LogP contribution in [0.5, 0.6) is 0 Å². The van der Waals surface area contributed by atoms with Gasteiger partial charge in [-0.25, -0.2) is 0 Å². The van der Waals surface area contributed by atoms with Crippen molar-refractivity contribution in [1.82, 2.24) is 4.90 Å². The second kappa shape index (κ2) is 7.26. The van der Waals surface area contributed by atoms with Crippen LogP contribution in [0, 0.1) is 29.1 Å². The average Bonchev–Trinajstić information content (AvgIpc) is 2.97. The molecule has 1 N–H and O–H groups in total. The third kappa shape index (κ3) is 3.51. The molecular weight excluding hydrogens is 272 g/mol. The summed E-state index contributed by atoms with van der Waals surface area (Å²) in [5.74, 6) is 0.738. The van der Waals surface area contributed by atoms with Crippen LogP contribution >= 0.6 is 0 Å². The largest absolute Gasteiger partial charge is 0.393 e. The second-order valence-corrected chi connectivity index (χ2v) is 6.92. The van der Waals surface area contributed by atoms with E-state index in [9.17, 15) is 10.4 Å². The molecule has 1 aromatic carbocycles. The van der Waals surface area contributed by atoms with Crippen LogP contribution in [-0.2, 0) is 6.54 Å². The Labute approximate surface area is 133 Å². The number of hydrogen-bond donors (Lipinski definition) is 1. The predicted octanol–water partition coefficient (Wildman–Crippen LogP) is 3.20. The molecule has 3 nitrogen and oxygen atoms in total. The molecule has 1 saturated heterocycles. The summed E-state index contributed by atoms with van der Waals surface area (Å²) >= 11 is 0. The lowest BCUT2D eigenvalue weighted by molar-refractivity contribution is 0.0713. The standard InChI is InChI=1S/C19H26N2O/c20-13-18(17-7-4-8-19(17)22)16-9-11-21(12-10-16)14-15-5-2-1-3-6-15/h1-3,5-6,16-19,22H,4,7-12,14H2/t17-,18?,19+/m0/s1. The first-order chi connectivity index (χ1) is 10.8. The summed E-state index contributed by atoms with van der Waals surface area (Å²) in [5, 5.41) is 19.7. The molecule has 1 saturated carbocycles. The lowest BCUT2D eigenvalue weighted by Gasteiger charge is -2.36. The maximum Gasteiger partial charge on any atom is 0.0662 e. The zero-order valence-corrected chi connectivity index (χ0v) is 13.2. The number of likely N-dealkylation sites (tertiary alicyclic amines) is 1. The van der Waals surface area contributed by atoms with Gasteiger partial charge in [0.1, 0.15) is 0 Å². The van der Waals surface area contributed by atoms with E-state index in [1.165, 1.54) is 5.56 Å². The Morgan fingerprint density at radius 3 is 2.45 bits per heavy atom. The molecule has 2 aliphatic rings. The first-order valence-electron chi connectivity index (χ1n) is 8.62. The number of aliphatic hydroxyl groups excluding tert-OH is 1. The van der Waals surface area contributed by atoms with Gasteiger partial charge in [-0.3, -0.25) is 4.90 Å². The molecule has 0 aromatic heterocycles. The van der Waals surface area contributed by atoms with Crippen molar-refractivity contribution in [1.29, 1.82) is 5.26 Å². The summed E-state index contributed by atoms with van der Waals surface area (Å²) in [6.07, 6.45) is 4.94. The molecule has 0 spiro atoms. The molecule has 3 rings (SSSR count). The van der Waals surface area contributed by atoms with Gasteiger partial charge >= 0.3 is 0 Å². The van der Waals surface area contributed by atoms with Gasteiger partial charge in [0, 0.05) is 12.5 Å². The van der Waals surface area contributed by atoms with Gasteiger partial charge in [-0.1, -0.05) is 36.8 Å². The highest BCUT2D eigenvalue weighted by molar-refractivity contribution is 5.14. The summed E-state index contributed by atoms with van der Waals surface area (Å²) in [6.45, 7) is 3.15. The molecule has 0 bridgehead atoms. The van der Waals surface area contributed by atoms with Crippen LogP contribution in [0.3, 0.4) is 0 Å². The van der Waals surface area contributed by atoms with E-state index in [4.69, 9.17) is 0 Å². The van der Waals surface area contributed by atoms with Crippen molar-refractivity contribution in [3.05, 3.63) is 35.9 Å². The van der Waals surface area contributed by atoms with Gasteiger partial charge in [-0.2, -0.15) is 5.26 Å². The summed E-state index contributed by atoms with van der Waals surface area (Å²) in [6, 6.07) is 13.1. The fourth-order valence-electron chi connectivity index (χ4n) is 4.25. The number of benzene rings is 1. The molecule has 3 atom stereocenters. The van der Waals surface area contributed by atoms with Crippen LogP contribution in [0.2, 0.25) is 0 Å². The Kier molecular flexibility index (Phi) is 5.12. The van der Waals surface area contributed by atoms with Gasteiger partial charge in [-0.15, -0.1) is 0 Å². The molecule has 1 aliphatic carbocycles. The van der Waals surface area contributed by atoms with E-state index in [2.05, 4.69) is 41.3 Å². The topological polar surface area (TPSA) is 47.3 Å². The third-order valence-corrected chi connectivity index (χ3v) is 5.53. The SMILES string of the molecule is N#CC(C1CCN(Cc2ccccc2)CC1)[C@@H]1CCC[C@H]1O. The number of nitriles is 1. The van der Waals surface area contributed by atoms with Gasteiger partial charge < -0.3 is 5.11 Å². The number of aliphatic hydroxyl groups is 1.